The van der Waals surface area contributed by atoms with E-state index < -0.39 is 10.0 Å². The Kier molecular flexibility index (Phi) is 5.80. The predicted molar refractivity (Wildman–Crippen MR) is 92.1 cm³/mol. The van der Waals surface area contributed by atoms with Crippen LogP contribution in [0.4, 0.5) is 0 Å². The molecule has 0 aliphatic heterocycles. The minimum Gasteiger partial charge on any atom is -0.493 e. The lowest BCUT2D eigenvalue weighted by Crippen LogP contribution is -2.27. The molecule has 0 aliphatic rings. The maximum atomic E-state index is 12.5. The molecule has 0 unspecified atom stereocenters. The summed E-state index contributed by atoms with van der Waals surface area (Å²) in [7, 11) is -3.57. The van der Waals surface area contributed by atoms with E-state index >= 15 is 0 Å². The maximum Gasteiger partial charge on any atom is 0.241 e. The van der Waals surface area contributed by atoms with Gasteiger partial charge in [0.05, 0.1) is 11.5 Å². The highest BCUT2D eigenvalue weighted by Gasteiger charge is 2.19. The first-order valence-corrected chi connectivity index (χ1v) is 9.23. The summed E-state index contributed by atoms with van der Waals surface area (Å²) < 4.78 is 33.4. The summed E-state index contributed by atoms with van der Waals surface area (Å²) >= 11 is 0. The molecule has 0 radical (unpaired) electrons. The predicted octanol–water partition coefficient (Wildman–Crippen LogP) is 3.82. The van der Waals surface area contributed by atoms with Crippen LogP contribution in [0.5, 0.6) is 5.75 Å². The molecule has 1 N–H and O–H groups in total. The summed E-state index contributed by atoms with van der Waals surface area (Å²) in [5, 5.41) is 0. The van der Waals surface area contributed by atoms with Gasteiger partial charge in [-0.3, -0.25) is 0 Å². The summed E-state index contributed by atoms with van der Waals surface area (Å²) in [4.78, 5) is 0.252. The second-order valence-corrected chi connectivity index (χ2v) is 7.24. The fourth-order valence-electron chi connectivity index (χ4n) is 2.27. The Morgan fingerprint density at radius 2 is 1.83 bits per heavy atom. The first-order chi connectivity index (χ1) is 10.9. The number of aryl methyl sites for hydroxylation is 1. The number of hydrogen-bond acceptors (Lipinski definition) is 3. The number of benzene rings is 2. The monoisotopic (exact) mass is 333 g/mol. The molecule has 1 atom stereocenters. The minimum atomic E-state index is -3.57. The van der Waals surface area contributed by atoms with Crippen molar-refractivity contribution < 1.29 is 13.2 Å². The van der Waals surface area contributed by atoms with Crippen LogP contribution in [0.3, 0.4) is 0 Å². The molecule has 0 aromatic heterocycles. The van der Waals surface area contributed by atoms with E-state index in [0.29, 0.717) is 6.61 Å². The molecule has 2 aromatic carbocycles. The van der Waals surface area contributed by atoms with E-state index in [-0.39, 0.29) is 10.9 Å². The van der Waals surface area contributed by atoms with Crippen molar-refractivity contribution in [2.24, 2.45) is 0 Å². The van der Waals surface area contributed by atoms with Gasteiger partial charge in [-0.25, -0.2) is 13.1 Å². The molecule has 5 heteroatoms. The first kappa shape index (κ1) is 17.5. The van der Waals surface area contributed by atoms with E-state index in [1.807, 2.05) is 51.1 Å². The number of ether oxygens (including phenoxy) is 1. The SMILES string of the molecule is CCCOc1ccc(S(=O)(=O)N[C@H](C)c2ccccc2)cc1C. The smallest absolute Gasteiger partial charge is 0.241 e. The normalized spacial score (nSPS) is 12.8. The van der Waals surface area contributed by atoms with E-state index in [4.69, 9.17) is 4.74 Å². The summed E-state index contributed by atoms with van der Waals surface area (Å²) in [6.07, 6.45) is 0.912. The molecular weight excluding hydrogens is 310 g/mol. The van der Waals surface area contributed by atoms with Crippen molar-refractivity contribution in [3.63, 3.8) is 0 Å². The standard InChI is InChI=1S/C18H23NO3S/c1-4-12-22-18-11-10-17(13-14(18)2)23(20,21)19-15(3)16-8-6-5-7-9-16/h5-11,13,15,19H,4,12H2,1-3H3/t15-/m1/s1. The Hall–Kier alpha value is -1.85. The fourth-order valence-corrected chi connectivity index (χ4v) is 3.59. The highest BCUT2D eigenvalue weighted by molar-refractivity contribution is 7.89. The van der Waals surface area contributed by atoms with Crippen LogP contribution in [-0.4, -0.2) is 15.0 Å². The molecule has 2 aromatic rings. The van der Waals surface area contributed by atoms with Gasteiger partial charge in [-0.05, 0) is 49.6 Å². The van der Waals surface area contributed by atoms with Crippen LogP contribution >= 0.6 is 0 Å². The van der Waals surface area contributed by atoms with Crippen molar-refractivity contribution in [1.29, 1.82) is 0 Å². The van der Waals surface area contributed by atoms with Gasteiger partial charge in [0.1, 0.15) is 5.75 Å². The maximum absolute atomic E-state index is 12.5. The summed E-state index contributed by atoms with van der Waals surface area (Å²) in [5.74, 6) is 0.724. The molecule has 0 aliphatic carbocycles. The third kappa shape index (κ3) is 4.56. The zero-order valence-corrected chi connectivity index (χ0v) is 14.6. The van der Waals surface area contributed by atoms with Crippen LogP contribution in [0, 0.1) is 6.92 Å². The van der Waals surface area contributed by atoms with Crippen molar-refractivity contribution in [3.05, 3.63) is 59.7 Å². The molecule has 0 saturated heterocycles. The molecule has 4 nitrogen and oxygen atoms in total. The lowest BCUT2D eigenvalue weighted by Gasteiger charge is -2.16. The van der Waals surface area contributed by atoms with Gasteiger partial charge in [0.15, 0.2) is 0 Å². The lowest BCUT2D eigenvalue weighted by molar-refractivity contribution is 0.315. The van der Waals surface area contributed by atoms with Crippen LogP contribution in [0.2, 0.25) is 0 Å². The average Bonchev–Trinajstić information content (AvgIpc) is 2.54. The summed E-state index contributed by atoms with van der Waals surface area (Å²) in [5.41, 5.74) is 1.74. The molecule has 2 rings (SSSR count). The molecule has 0 bridgehead atoms. The van der Waals surface area contributed by atoms with Crippen LogP contribution in [-0.2, 0) is 10.0 Å². The molecule has 0 saturated carbocycles. The third-order valence-corrected chi connectivity index (χ3v) is 5.09. The zero-order chi connectivity index (χ0) is 16.9. The van der Waals surface area contributed by atoms with E-state index in [9.17, 15) is 8.42 Å². The van der Waals surface area contributed by atoms with Gasteiger partial charge in [-0.15, -0.1) is 0 Å². The number of rotatable bonds is 7. The largest absolute Gasteiger partial charge is 0.493 e. The minimum absolute atomic E-state index is 0.252. The Labute approximate surface area is 138 Å². The van der Waals surface area contributed by atoms with Crippen LogP contribution in [0.15, 0.2) is 53.4 Å². The van der Waals surface area contributed by atoms with Crippen molar-refractivity contribution in [1.82, 2.24) is 4.72 Å². The van der Waals surface area contributed by atoms with Crippen LogP contribution < -0.4 is 9.46 Å². The van der Waals surface area contributed by atoms with E-state index in [0.717, 1.165) is 23.3 Å². The van der Waals surface area contributed by atoms with E-state index in [1.165, 1.54) is 0 Å². The van der Waals surface area contributed by atoms with Crippen molar-refractivity contribution in [2.45, 2.75) is 38.1 Å². The van der Waals surface area contributed by atoms with E-state index in [2.05, 4.69) is 4.72 Å². The van der Waals surface area contributed by atoms with Crippen molar-refractivity contribution in [2.75, 3.05) is 6.61 Å². The topological polar surface area (TPSA) is 55.4 Å². The second kappa shape index (κ2) is 7.62. The Morgan fingerprint density at radius 1 is 1.13 bits per heavy atom. The second-order valence-electron chi connectivity index (χ2n) is 5.53. The molecule has 23 heavy (non-hydrogen) atoms. The summed E-state index contributed by atoms with van der Waals surface area (Å²) in [6, 6.07) is 14.1. The van der Waals surface area contributed by atoms with Crippen molar-refractivity contribution in [3.8, 4) is 5.75 Å². The number of nitrogens with one attached hydrogen (secondary N) is 1. The van der Waals surface area contributed by atoms with Crippen LogP contribution in [0.25, 0.3) is 0 Å². The van der Waals surface area contributed by atoms with Crippen LogP contribution in [0.1, 0.15) is 37.4 Å². The van der Waals surface area contributed by atoms with Gasteiger partial charge in [0.25, 0.3) is 0 Å². The quantitative estimate of drug-likeness (QED) is 0.838. The fraction of sp³-hybridized carbons (Fsp3) is 0.333. The molecule has 0 heterocycles. The molecule has 124 valence electrons. The van der Waals surface area contributed by atoms with Gasteiger partial charge in [-0.1, -0.05) is 37.3 Å². The van der Waals surface area contributed by atoms with E-state index in [1.54, 1.807) is 18.2 Å². The molecule has 0 fully saturated rings. The first-order valence-electron chi connectivity index (χ1n) is 7.74. The molecule has 0 spiro atoms. The number of hydrogen-bond donors (Lipinski definition) is 1. The Balaban J connectivity index is 2.18. The zero-order valence-electron chi connectivity index (χ0n) is 13.7. The Morgan fingerprint density at radius 3 is 2.43 bits per heavy atom. The van der Waals surface area contributed by atoms with Gasteiger partial charge in [0.2, 0.25) is 10.0 Å². The summed E-state index contributed by atoms with van der Waals surface area (Å²) in [6.45, 7) is 6.34. The third-order valence-electron chi connectivity index (χ3n) is 3.55. The average molecular weight is 333 g/mol. The Bertz CT molecular complexity index is 742. The number of sulfonamides is 1. The highest BCUT2D eigenvalue weighted by atomic mass is 32.2. The van der Waals surface area contributed by atoms with Crippen molar-refractivity contribution >= 4 is 10.0 Å². The van der Waals surface area contributed by atoms with Gasteiger partial charge in [0, 0.05) is 6.04 Å². The van der Waals surface area contributed by atoms with Gasteiger partial charge >= 0.3 is 0 Å². The molecule has 0 amide bonds. The van der Waals surface area contributed by atoms with Gasteiger partial charge < -0.3 is 4.74 Å². The lowest BCUT2D eigenvalue weighted by atomic mass is 10.1. The van der Waals surface area contributed by atoms with Gasteiger partial charge in [-0.2, -0.15) is 0 Å². The molecular formula is C18H23NO3S. The highest BCUT2D eigenvalue weighted by Crippen LogP contribution is 2.23.